The SMILES string of the molecule is CS(=O)(=O)CCn1cc(CN2CCC3(CC2)C(=O)N(CCO)c2ccc(Cl)cc23)cn1. The summed E-state index contributed by atoms with van der Waals surface area (Å²) >= 11 is 6.25. The second kappa shape index (κ2) is 8.54. The van der Waals surface area contributed by atoms with E-state index in [1.807, 2.05) is 18.3 Å². The molecular formula is C21H27ClN4O4S. The fourth-order valence-corrected chi connectivity index (χ4v) is 5.33. The maximum absolute atomic E-state index is 13.4. The molecule has 1 N–H and O–H groups in total. The van der Waals surface area contributed by atoms with Crippen molar-refractivity contribution in [2.45, 2.75) is 31.3 Å². The zero-order chi connectivity index (χ0) is 22.2. The molecule has 1 fully saturated rings. The number of piperidine rings is 1. The van der Waals surface area contributed by atoms with E-state index < -0.39 is 15.3 Å². The number of aryl methyl sites for hydroxylation is 1. The number of amides is 1. The van der Waals surface area contributed by atoms with Gasteiger partial charge in [0.15, 0.2) is 0 Å². The highest BCUT2D eigenvalue weighted by molar-refractivity contribution is 7.90. The number of aliphatic hydroxyl groups excluding tert-OH is 1. The number of rotatable bonds is 7. The van der Waals surface area contributed by atoms with Gasteiger partial charge in [0.1, 0.15) is 9.84 Å². The zero-order valence-corrected chi connectivity index (χ0v) is 19.1. The number of anilines is 1. The number of benzene rings is 1. The van der Waals surface area contributed by atoms with Gasteiger partial charge in [-0.1, -0.05) is 11.6 Å². The number of carbonyl (C=O) groups is 1. The van der Waals surface area contributed by atoms with Gasteiger partial charge in [-0.15, -0.1) is 0 Å². The average molecular weight is 467 g/mol. The molecule has 2 aliphatic rings. The van der Waals surface area contributed by atoms with Crippen molar-refractivity contribution in [3.8, 4) is 0 Å². The number of aromatic nitrogens is 2. The standard InChI is InChI=1S/C21H27ClN4O4S/c1-31(29,30)11-9-25-15-16(13-23-25)14-24-6-4-21(5-7-24)18-12-17(22)2-3-19(18)26(8-10-27)20(21)28/h2-3,12-13,15,27H,4-11,14H2,1H3. The number of likely N-dealkylation sites (tertiary alicyclic amines) is 1. The molecule has 31 heavy (non-hydrogen) atoms. The van der Waals surface area contributed by atoms with Gasteiger partial charge in [-0.2, -0.15) is 5.10 Å². The second-order valence-electron chi connectivity index (χ2n) is 8.44. The van der Waals surface area contributed by atoms with Crippen LogP contribution < -0.4 is 4.90 Å². The van der Waals surface area contributed by atoms with Gasteiger partial charge in [-0.05, 0) is 49.7 Å². The molecule has 1 amide bonds. The summed E-state index contributed by atoms with van der Waals surface area (Å²) in [7, 11) is -3.03. The van der Waals surface area contributed by atoms with Gasteiger partial charge in [0.2, 0.25) is 5.91 Å². The van der Waals surface area contributed by atoms with Crippen LogP contribution in [-0.2, 0) is 33.1 Å². The summed E-state index contributed by atoms with van der Waals surface area (Å²) in [5, 5.41) is 14.3. The summed E-state index contributed by atoms with van der Waals surface area (Å²) in [6.07, 6.45) is 6.24. The predicted molar refractivity (Wildman–Crippen MR) is 119 cm³/mol. The van der Waals surface area contributed by atoms with E-state index in [-0.39, 0.29) is 24.8 Å². The molecule has 10 heteroatoms. The van der Waals surface area contributed by atoms with Crippen molar-refractivity contribution in [2.75, 3.05) is 43.1 Å². The molecule has 0 saturated carbocycles. The molecule has 1 aromatic carbocycles. The third-order valence-electron chi connectivity index (χ3n) is 6.24. The van der Waals surface area contributed by atoms with Crippen LogP contribution >= 0.6 is 11.6 Å². The highest BCUT2D eigenvalue weighted by Crippen LogP contribution is 2.48. The van der Waals surface area contributed by atoms with E-state index in [1.54, 1.807) is 21.8 Å². The minimum atomic E-state index is -3.03. The van der Waals surface area contributed by atoms with Gasteiger partial charge >= 0.3 is 0 Å². The first-order valence-electron chi connectivity index (χ1n) is 10.4. The normalized spacial score (nSPS) is 18.7. The smallest absolute Gasteiger partial charge is 0.237 e. The van der Waals surface area contributed by atoms with E-state index in [1.165, 1.54) is 6.26 Å². The molecule has 2 aliphatic heterocycles. The monoisotopic (exact) mass is 466 g/mol. The maximum atomic E-state index is 13.4. The number of sulfone groups is 1. The Kier molecular flexibility index (Phi) is 6.13. The third-order valence-corrected chi connectivity index (χ3v) is 7.40. The summed E-state index contributed by atoms with van der Waals surface area (Å²) in [6, 6.07) is 5.55. The van der Waals surface area contributed by atoms with Crippen LogP contribution in [0, 0.1) is 0 Å². The van der Waals surface area contributed by atoms with Crippen LogP contribution in [0.3, 0.4) is 0 Å². The van der Waals surface area contributed by atoms with Crippen LogP contribution in [0.4, 0.5) is 5.69 Å². The fraction of sp³-hybridized carbons (Fsp3) is 0.524. The first-order chi connectivity index (χ1) is 14.7. The van der Waals surface area contributed by atoms with Gasteiger partial charge < -0.3 is 10.0 Å². The molecule has 4 rings (SSSR count). The van der Waals surface area contributed by atoms with E-state index in [4.69, 9.17) is 11.6 Å². The fourth-order valence-electron chi connectivity index (χ4n) is 4.64. The molecule has 2 aromatic rings. The highest BCUT2D eigenvalue weighted by atomic mass is 35.5. The minimum Gasteiger partial charge on any atom is -0.395 e. The minimum absolute atomic E-state index is 0.0482. The van der Waals surface area contributed by atoms with Crippen molar-refractivity contribution in [3.05, 3.63) is 46.7 Å². The average Bonchev–Trinajstić information content (AvgIpc) is 3.25. The van der Waals surface area contributed by atoms with E-state index in [9.17, 15) is 18.3 Å². The zero-order valence-electron chi connectivity index (χ0n) is 17.5. The molecule has 0 aliphatic carbocycles. The lowest BCUT2D eigenvalue weighted by atomic mass is 9.73. The Hall–Kier alpha value is -1.94. The Bertz CT molecular complexity index is 1080. The summed E-state index contributed by atoms with van der Waals surface area (Å²) in [5.74, 6) is 0.112. The molecule has 1 saturated heterocycles. The summed E-state index contributed by atoms with van der Waals surface area (Å²) in [5.41, 5.74) is 2.24. The van der Waals surface area contributed by atoms with Crippen LogP contribution in [0.5, 0.6) is 0 Å². The number of fused-ring (bicyclic) bond motifs is 2. The first-order valence-corrected chi connectivity index (χ1v) is 12.8. The number of hydrogen-bond donors (Lipinski definition) is 1. The van der Waals surface area contributed by atoms with Crippen LogP contribution in [0.1, 0.15) is 24.0 Å². The molecule has 0 unspecified atom stereocenters. The molecule has 0 radical (unpaired) electrons. The Morgan fingerprint density at radius 1 is 1.23 bits per heavy atom. The topological polar surface area (TPSA) is 95.7 Å². The summed E-state index contributed by atoms with van der Waals surface area (Å²) in [4.78, 5) is 17.3. The number of aliphatic hydroxyl groups is 1. The van der Waals surface area contributed by atoms with Crippen LogP contribution in [0.15, 0.2) is 30.6 Å². The van der Waals surface area contributed by atoms with Crippen molar-refractivity contribution in [3.63, 3.8) is 0 Å². The highest BCUT2D eigenvalue weighted by Gasteiger charge is 2.51. The van der Waals surface area contributed by atoms with Gasteiger partial charge in [0.05, 0.1) is 30.5 Å². The van der Waals surface area contributed by atoms with Gasteiger partial charge in [0.25, 0.3) is 0 Å². The lowest BCUT2D eigenvalue weighted by Crippen LogP contribution is -2.48. The van der Waals surface area contributed by atoms with E-state index in [2.05, 4.69) is 10.00 Å². The Balaban J connectivity index is 1.44. The number of β-amino-alcohol motifs (C(OH)–C–C–N with tert-alkyl or cyclic N) is 1. The van der Waals surface area contributed by atoms with E-state index in [0.29, 0.717) is 31.0 Å². The van der Waals surface area contributed by atoms with Gasteiger partial charge in [0, 0.05) is 41.8 Å². The van der Waals surface area contributed by atoms with Crippen LogP contribution in [0.25, 0.3) is 0 Å². The molecule has 8 nitrogen and oxygen atoms in total. The van der Waals surface area contributed by atoms with Crippen LogP contribution in [0.2, 0.25) is 5.02 Å². The first kappa shape index (κ1) is 22.3. The van der Waals surface area contributed by atoms with Crippen molar-refractivity contribution >= 4 is 33.0 Å². The molecular weight excluding hydrogens is 440 g/mol. The molecule has 0 atom stereocenters. The number of hydrogen-bond acceptors (Lipinski definition) is 6. The van der Waals surface area contributed by atoms with Crippen molar-refractivity contribution < 1.29 is 18.3 Å². The second-order valence-corrected chi connectivity index (χ2v) is 11.1. The Labute approximate surface area is 187 Å². The number of nitrogens with zero attached hydrogens (tertiary/aromatic N) is 4. The summed E-state index contributed by atoms with van der Waals surface area (Å²) < 4.78 is 24.4. The largest absolute Gasteiger partial charge is 0.395 e. The number of carbonyl (C=O) groups excluding carboxylic acids is 1. The van der Waals surface area contributed by atoms with E-state index in [0.717, 1.165) is 29.9 Å². The van der Waals surface area contributed by atoms with Gasteiger partial charge in [-0.3, -0.25) is 14.4 Å². The lowest BCUT2D eigenvalue weighted by Gasteiger charge is -2.38. The quantitative estimate of drug-likeness (QED) is 0.663. The van der Waals surface area contributed by atoms with Crippen molar-refractivity contribution in [1.82, 2.24) is 14.7 Å². The van der Waals surface area contributed by atoms with Gasteiger partial charge in [-0.25, -0.2) is 8.42 Å². The van der Waals surface area contributed by atoms with E-state index >= 15 is 0 Å². The Morgan fingerprint density at radius 2 is 1.97 bits per heavy atom. The molecule has 0 bridgehead atoms. The van der Waals surface area contributed by atoms with Crippen molar-refractivity contribution in [1.29, 1.82) is 0 Å². The maximum Gasteiger partial charge on any atom is 0.237 e. The molecule has 3 heterocycles. The Morgan fingerprint density at radius 3 is 2.65 bits per heavy atom. The summed E-state index contributed by atoms with van der Waals surface area (Å²) in [6.45, 7) is 2.74. The predicted octanol–water partition coefficient (Wildman–Crippen LogP) is 1.45. The molecule has 1 aromatic heterocycles. The number of halogens is 1. The molecule has 1 spiro atoms. The van der Waals surface area contributed by atoms with Crippen molar-refractivity contribution in [2.24, 2.45) is 0 Å². The lowest BCUT2D eigenvalue weighted by molar-refractivity contribution is -0.125. The molecule has 168 valence electrons. The third kappa shape index (κ3) is 4.50. The van der Waals surface area contributed by atoms with Crippen LogP contribution in [-0.4, -0.2) is 72.4 Å².